The Hall–Kier alpha value is -2.27. The van der Waals surface area contributed by atoms with Crippen molar-refractivity contribution in [1.82, 2.24) is 14.9 Å². The van der Waals surface area contributed by atoms with Crippen LogP contribution in [0, 0.1) is 0 Å². The van der Waals surface area contributed by atoms with Gasteiger partial charge >= 0.3 is 0 Å². The molecule has 0 N–H and O–H groups in total. The van der Waals surface area contributed by atoms with Gasteiger partial charge in [0.2, 0.25) is 11.9 Å². The second-order valence-corrected chi connectivity index (χ2v) is 6.69. The van der Waals surface area contributed by atoms with Crippen molar-refractivity contribution in [1.29, 1.82) is 0 Å². The lowest BCUT2D eigenvalue weighted by Gasteiger charge is -2.46. The molecule has 1 fully saturated rings. The molecule has 5 nitrogen and oxygen atoms in total. The van der Waals surface area contributed by atoms with E-state index in [-0.39, 0.29) is 11.3 Å². The number of hydrogen-bond acceptors (Lipinski definition) is 4. The highest BCUT2D eigenvalue weighted by Crippen LogP contribution is 2.48. The quantitative estimate of drug-likeness (QED) is 0.853. The molecule has 1 amide bonds. The lowest BCUT2D eigenvalue weighted by Crippen LogP contribution is -2.49. The zero-order chi connectivity index (χ0) is 16.6. The number of amides is 1. The van der Waals surface area contributed by atoms with Crippen molar-refractivity contribution in [2.75, 3.05) is 24.5 Å². The van der Waals surface area contributed by atoms with Crippen LogP contribution in [0.2, 0.25) is 0 Å². The van der Waals surface area contributed by atoms with Crippen LogP contribution in [0.5, 0.6) is 0 Å². The Kier molecular flexibility index (Phi) is 3.81. The number of anilines is 2. The number of benzene rings is 1. The minimum atomic E-state index is -0.0371. The number of rotatable bonds is 2. The summed E-state index contributed by atoms with van der Waals surface area (Å²) in [6, 6.07) is 10.0. The number of aromatic nitrogens is 2. The first kappa shape index (κ1) is 15.3. The Morgan fingerprint density at radius 1 is 1.08 bits per heavy atom. The smallest absolute Gasteiger partial charge is 0.236 e. The number of fused-ring (bicyclic) bond motifs is 2. The molecule has 0 aliphatic carbocycles. The summed E-state index contributed by atoms with van der Waals surface area (Å²) in [5, 5.41) is 0. The average Bonchev–Trinajstić information content (AvgIpc) is 2.63. The fourth-order valence-corrected chi connectivity index (χ4v) is 4.08. The summed E-state index contributed by atoms with van der Waals surface area (Å²) in [5.41, 5.74) is 2.18. The molecular weight excluding hydrogens is 300 g/mol. The third-order valence-electron chi connectivity index (χ3n) is 5.47. The molecule has 2 aliphatic rings. The molecule has 1 spiro atoms. The lowest BCUT2D eigenvalue weighted by atomic mass is 9.67. The molecule has 24 heavy (non-hydrogen) atoms. The maximum absolute atomic E-state index is 13.0. The molecule has 2 aliphatic heterocycles. The largest absolute Gasteiger partial charge is 0.304 e. The van der Waals surface area contributed by atoms with E-state index < -0.39 is 0 Å². The highest BCUT2D eigenvalue weighted by atomic mass is 16.2. The monoisotopic (exact) mass is 322 g/mol. The first-order valence-corrected chi connectivity index (χ1v) is 8.65. The normalized spacial score (nSPS) is 20.2. The van der Waals surface area contributed by atoms with Gasteiger partial charge in [-0.2, -0.15) is 0 Å². The Morgan fingerprint density at radius 3 is 2.50 bits per heavy atom. The van der Waals surface area contributed by atoms with Crippen LogP contribution in [0.15, 0.2) is 42.7 Å². The molecule has 124 valence electrons. The van der Waals surface area contributed by atoms with Gasteiger partial charge in [-0.05, 0) is 50.2 Å². The molecular formula is C19H22N4O. The summed E-state index contributed by atoms with van der Waals surface area (Å²) in [6.45, 7) is 5.39. The molecule has 0 radical (unpaired) electrons. The first-order chi connectivity index (χ1) is 11.7. The predicted octanol–water partition coefficient (Wildman–Crippen LogP) is 2.90. The van der Waals surface area contributed by atoms with Crippen LogP contribution in [0.1, 0.15) is 31.7 Å². The molecule has 3 heterocycles. The summed E-state index contributed by atoms with van der Waals surface area (Å²) in [4.78, 5) is 25.8. The van der Waals surface area contributed by atoms with Crippen molar-refractivity contribution in [2.24, 2.45) is 0 Å². The number of hydrogen-bond donors (Lipinski definition) is 0. The van der Waals surface area contributed by atoms with E-state index in [1.54, 1.807) is 23.4 Å². The van der Waals surface area contributed by atoms with E-state index >= 15 is 0 Å². The maximum Gasteiger partial charge on any atom is 0.236 e. The number of nitrogens with zero attached hydrogens (tertiary/aromatic N) is 4. The maximum atomic E-state index is 13.0. The van der Waals surface area contributed by atoms with Crippen molar-refractivity contribution in [2.45, 2.75) is 31.6 Å². The highest BCUT2D eigenvalue weighted by Gasteiger charge is 2.45. The topological polar surface area (TPSA) is 49.3 Å². The fourth-order valence-electron chi connectivity index (χ4n) is 4.08. The van der Waals surface area contributed by atoms with E-state index in [1.165, 1.54) is 5.56 Å². The zero-order valence-corrected chi connectivity index (χ0v) is 14.0. The van der Waals surface area contributed by atoms with Crippen LogP contribution in [-0.4, -0.2) is 40.4 Å². The number of piperidine rings is 1. The molecule has 0 bridgehead atoms. The van der Waals surface area contributed by atoms with E-state index in [0.717, 1.165) is 38.2 Å². The van der Waals surface area contributed by atoms with Crippen LogP contribution in [-0.2, 0) is 10.2 Å². The number of carbonyl (C=O) groups excluding carboxylic acids is 1. The Balaban J connectivity index is 1.77. The third kappa shape index (κ3) is 2.40. The van der Waals surface area contributed by atoms with Gasteiger partial charge in [-0.1, -0.05) is 25.1 Å². The summed E-state index contributed by atoms with van der Waals surface area (Å²) in [5.74, 6) is 0.570. The highest BCUT2D eigenvalue weighted by molar-refractivity contribution is 6.02. The van der Waals surface area contributed by atoms with Crippen molar-refractivity contribution in [3.63, 3.8) is 0 Å². The van der Waals surface area contributed by atoms with Crippen LogP contribution >= 0.6 is 0 Å². The van der Waals surface area contributed by atoms with Gasteiger partial charge in [-0.25, -0.2) is 14.9 Å². The van der Waals surface area contributed by atoms with E-state index in [4.69, 9.17) is 0 Å². The summed E-state index contributed by atoms with van der Waals surface area (Å²) >= 11 is 0. The zero-order valence-electron chi connectivity index (χ0n) is 14.0. The molecule has 4 rings (SSSR count). The van der Waals surface area contributed by atoms with Gasteiger partial charge in [0.15, 0.2) is 0 Å². The Bertz CT molecular complexity index is 738. The van der Waals surface area contributed by atoms with E-state index in [2.05, 4.69) is 33.9 Å². The Morgan fingerprint density at radius 2 is 1.79 bits per heavy atom. The van der Waals surface area contributed by atoms with E-state index in [9.17, 15) is 4.79 Å². The minimum Gasteiger partial charge on any atom is -0.304 e. The fraction of sp³-hybridized carbons (Fsp3) is 0.421. The number of likely N-dealkylation sites (tertiary alicyclic amines) is 1. The van der Waals surface area contributed by atoms with Crippen molar-refractivity contribution in [3.8, 4) is 0 Å². The van der Waals surface area contributed by atoms with Gasteiger partial charge in [0.25, 0.3) is 0 Å². The Labute approximate surface area is 142 Å². The van der Waals surface area contributed by atoms with Crippen LogP contribution in [0.3, 0.4) is 0 Å². The lowest BCUT2D eigenvalue weighted by molar-refractivity contribution is -0.120. The van der Waals surface area contributed by atoms with Gasteiger partial charge in [-0.15, -0.1) is 0 Å². The van der Waals surface area contributed by atoms with E-state index in [0.29, 0.717) is 12.4 Å². The first-order valence-electron chi connectivity index (χ1n) is 8.65. The second kappa shape index (κ2) is 5.98. The van der Waals surface area contributed by atoms with E-state index in [1.807, 2.05) is 12.1 Å². The van der Waals surface area contributed by atoms with Crippen LogP contribution in [0.25, 0.3) is 0 Å². The van der Waals surface area contributed by atoms with Crippen LogP contribution in [0.4, 0.5) is 11.6 Å². The van der Waals surface area contributed by atoms with Gasteiger partial charge in [0.05, 0.1) is 5.69 Å². The third-order valence-corrected chi connectivity index (χ3v) is 5.47. The minimum absolute atomic E-state index is 0.0371. The standard InChI is InChI=1S/C19H22N4O/c1-2-22-12-8-19(9-13-22)14-17(24)23(18-20-10-5-11-21-18)16-7-4-3-6-15(16)19/h3-7,10-11H,2,8-9,12-14H2,1H3. The van der Waals surface area contributed by atoms with Gasteiger partial charge in [0, 0.05) is 24.2 Å². The van der Waals surface area contributed by atoms with Crippen LogP contribution < -0.4 is 4.90 Å². The average molecular weight is 322 g/mol. The predicted molar refractivity (Wildman–Crippen MR) is 93.3 cm³/mol. The molecule has 0 unspecified atom stereocenters. The summed E-state index contributed by atoms with van der Waals surface area (Å²) in [6.07, 6.45) is 5.98. The second-order valence-electron chi connectivity index (χ2n) is 6.69. The van der Waals surface area contributed by atoms with Crippen molar-refractivity contribution in [3.05, 3.63) is 48.3 Å². The molecule has 2 aromatic rings. The molecule has 0 atom stereocenters. The summed E-state index contributed by atoms with van der Waals surface area (Å²) in [7, 11) is 0. The summed E-state index contributed by atoms with van der Waals surface area (Å²) < 4.78 is 0. The molecule has 5 heteroatoms. The number of para-hydroxylation sites is 1. The van der Waals surface area contributed by atoms with Crippen molar-refractivity contribution >= 4 is 17.5 Å². The molecule has 1 aromatic heterocycles. The van der Waals surface area contributed by atoms with Gasteiger partial charge in [-0.3, -0.25) is 4.79 Å². The van der Waals surface area contributed by atoms with Gasteiger partial charge < -0.3 is 4.90 Å². The SMILES string of the molecule is CCN1CCC2(CC1)CC(=O)N(c1ncccn1)c1ccccc12. The molecule has 1 aromatic carbocycles. The van der Waals surface area contributed by atoms with Gasteiger partial charge in [0.1, 0.15) is 0 Å². The molecule has 0 saturated carbocycles. The van der Waals surface area contributed by atoms with Crippen molar-refractivity contribution < 1.29 is 4.79 Å². The number of carbonyl (C=O) groups is 1. The molecule has 1 saturated heterocycles.